The first-order valence-electron chi connectivity index (χ1n) is 7.08. The van der Waals surface area contributed by atoms with Crippen molar-refractivity contribution in [3.63, 3.8) is 0 Å². The fraction of sp³-hybridized carbons (Fsp3) is 0.0588. The number of aryl methyl sites for hydroxylation is 1. The molecule has 3 aromatic carbocycles. The van der Waals surface area contributed by atoms with Crippen molar-refractivity contribution in [3.05, 3.63) is 72.3 Å². The highest BCUT2D eigenvalue weighted by Crippen LogP contribution is 2.18. The highest BCUT2D eigenvalue weighted by molar-refractivity contribution is 7.86. The highest BCUT2D eigenvalue weighted by atomic mass is 32.2. The lowest BCUT2D eigenvalue weighted by atomic mass is 10.1. The molecule has 0 aliphatic rings. The summed E-state index contributed by atoms with van der Waals surface area (Å²) in [5.41, 5.74) is 0.956. The molecule has 0 saturated carbocycles. The molecule has 0 bridgehead atoms. The molecule has 0 aliphatic carbocycles. The van der Waals surface area contributed by atoms with Gasteiger partial charge in [0.25, 0.3) is 20.2 Å². The van der Waals surface area contributed by atoms with Crippen LogP contribution in [0.15, 0.2) is 76.5 Å². The zero-order chi connectivity index (χ0) is 18.7. The van der Waals surface area contributed by atoms with Crippen LogP contribution in [0.5, 0.6) is 0 Å². The average molecular weight is 380 g/mol. The predicted molar refractivity (Wildman–Crippen MR) is 94.8 cm³/mol. The van der Waals surface area contributed by atoms with Crippen LogP contribution >= 0.6 is 0 Å². The first-order chi connectivity index (χ1) is 11.6. The van der Waals surface area contributed by atoms with Crippen molar-refractivity contribution in [1.82, 2.24) is 0 Å². The van der Waals surface area contributed by atoms with Crippen molar-refractivity contribution in [3.8, 4) is 0 Å². The van der Waals surface area contributed by atoms with E-state index >= 15 is 0 Å². The number of benzene rings is 3. The van der Waals surface area contributed by atoms with Gasteiger partial charge in [-0.3, -0.25) is 9.11 Å². The summed E-state index contributed by atoms with van der Waals surface area (Å²) in [5, 5.41) is 1.74. The molecule has 0 aliphatic heterocycles. The van der Waals surface area contributed by atoms with E-state index in [1.165, 1.54) is 24.3 Å². The minimum atomic E-state index is -4.09. The van der Waals surface area contributed by atoms with Crippen LogP contribution in [-0.4, -0.2) is 25.9 Å². The molecule has 0 unspecified atom stereocenters. The molecule has 6 nitrogen and oxygen atoms in total. The van der Waals surface area contributed by atoms with E-state index in [4.69, 9.17) is 9.11 Å². The van der Waals surface area contributed by atoms with Gasteiger partial charge in [-0.1, -0.05) is 48.0 Å². The molecule has 0 aromatic heterocycles. The molecular formula is C17H16O6S2. The molecule has 132 valence electrons. The van der Waals surface area contributed by atoms with E-state index in [0.29, 0.717) is 0 Å². The third-order valence-corrected chi connectivity index (χ3v) is 5.06. The lowest BCUT2D eigenvalue weighted by Crippen LogP contribution is -1.97. The fourth-order valence-corrected chi connectivity index (χ4v) is 3.03. The Bertz CT molecular complexity index is 1090. The molecule has 3 rings (SSSR count). The number of fused-ring (bicyclic) bond motifs is 1. The molecule has 0 radical (unpaired) electrons. The molecule has 0 amide bonds. The highest BCUT2D eigenvalue weighted by Gasteiger charge is 2.09. The largest absolute Gasteiger partial charge is 0.294 e. The monoisotopic (exact) mass is 380 g/mol. The lowest BCUT2D eigenvalue weighted by Gasteiger charge is -1.99. The summed E-state index contributed by atoms with van der Waals surface area (Å²) >= 11 is 0. The summed E-state index contributed by atoms with van der Waals surface area (Å²) in [5.74, 6) is 0. The second-order valence-electron chi connectivity index (χ2n) is 5.27. The van der Waals surface area contributed by atoms with Gasteiger partial charge in [-0.05, 0) is 42.0 Å². The predicted octanol–water partition coefficient (Wildman–Crippen LogP) is 3.33. The van der Waals surface area contributed by atoms with Gasteiger partial charge in [0, 0.05) is 0 Å². The molecule has 2 N–H and O–H groups in total. The van der Waals surface area contributed by atoms with Gasteiger partial charge < -0.3 is 0 Å². The Morgan fingerprint density at radius 2 is 1.12 bits per heavy atom. The van der Waals surface area contributed by atoms with E-state index in [1.807, 2.05) is 25.1 Å². The van der Waals surface area contributed by atoms with E-state index in [1.54, 1.807) is 24.3 Å². The smallest absolute Gasteiger partial charge is 0.282 e. The van der Waals surface area contributed by atoms with E-state index in [2.05, 4.69) is 0 Å². The standard InChI is InChI=1S/C10H8O3S.C7H8O3S/c11-14(12,13)10-6-5-8-3-1-2-4-9(8)7-10;1-6-2-4-7(5-3-6)11(8,9)10/h1-7H,(H,11,12,13);2-5H,1H3,(H,8,9,10). The first-order valence-corrected chi connectivity index (χ1v) is 9.96. The average Bonchev–Trinajstić information content (AvgIpc) is 2.54. The van der Waals surface area contributed by atoms with E-state index in [0.717, 1.165) is 16.3 Å². The molecule has 25 heavy (non-hydrogen) atoms. The normalized spacial score (nSPS) is 11.6. The van der Waals surface area contributed by atoms with Gasteiger partial charge in [0.15, 0.2) is 0 Å². The summed E-state index contributed by atoms with van der Waals surface area (Å²) in [6.45, 7) is 1.84. The Morgan fingerprint density at radius 1 is 0.640 bits per heavy atom. The Labute approximate surface area is 146 Å². The van der Waals surface area contributed by atoms with Crippen molar-refractivity contribution in [2.75, 3.05) is 0 Å². The minimum Gasteiger partial charge on any atom is -0.282 e. The third kappa shape index (κ3) is 5.36. The van der Waals surface area contributed by atoms with Crippen molar-refractivity contribution >= 4 is 31.0 Å². The minimum absolute atomic E-state index is 0.0666. The summed E-state index contributed by atoms with van der Waals surface area (Å²) in [6.07, 6.45) is 0. The van der Waals surface area contributed by atoms with E-state index in [9.17, 15) is 16.8 Å². The molecule has 8 heteroatoms. The van der Waals surface area contributed by atoms with Gasteiger partial charge in [0.1, 0.15) is 0 Å². The van der Waals surface area contributed by atoms with Crippen molar-refractivity contribution in [2.45, 2.75) is 16.7 Å². The Morgan fingerprint density at radius 3 is 1.64 bits per heavy atom. The molecule has 0 fully saturated rings. The number of hydrogen-bond acceptors (Lipinski definition) is 4. The Hall–Kier alpha value is -2.26. The third-order valence-electron chi connectivity index (χ3n) is 3.34. The fourth-order valence-electron chi connectivity index (χ4n) is 2.04. The zero-order valence-electron chi connectivity index (χ0n) is 13.2. The molecule has 0 atom stereocenters. The first kappa shape index (κ1) is 19.1. The van der Waals surface area contributed by atoms with E-state index < -0.39 is 20.2 Å². The maximum Gasteiger partial charge on any atom is 0.294 e. The quantitative estimate of drug-likeness (QED) is 0.660. The molecule has 0 heterocycles. The topological polar surface area (TPSA) is 109 Å². The van der Waals surface area contributed by atoms with Crippen LogP contribution in [-0.2, 0) is 20.2 Å². The van der Waals surface area contributed by atoms with Gasteiger partial charge in [-0.15, -0.1) is 0 Å². The molecular weight excluding hydrogens is 364 g/mol. The summed E-state index contributed by atoms with van der Waals surface area (Å²) in [4.78, 5) is -0.140. The SMILES string of the molecule is Cc1ccc(S(=O)(=O)O)cc1.O=S(=O)(O)c1ccc2ccccc2c1. The van der Waals surface area contributed by atoms with Crippen LogP contribution in [0, 0.1) is 6.92 Å². The van der Waals surface area contributed by atoms with Crippen LogP contribution in [0.4, 0.5) is 0 Å². The van der Waals surface area contributed by atoms with Gasteiger partial charge in [-0.25, -0.2) is 0 Å². The van der Waals surface area contributed by atoms with Gasteiger partial charge in [0.05, 0.1) is 9.79 Å². The second kappa shape index (κ2) is 7.32. The maximum atomic E-state index is 10.8. The molecule has 0 saturated heterocycles. The van der Waals surface area contributed by atoms with Gasteiger partial charge in [0.2, 0.25) is 0 Å². The van der Waals surface area contributed by atoms with Crippen molar-refractivity contribution < 1.29 is 25.9 Å². The maximum absolute atomic E-state index is 10.8. The Kier molecular flexibility index (Phi) is 5.58. The lowest BCUT2D eigenvalue weighted by molar-refractivity contribution is 0.481. The van der Waals surface area contributed by atoms with Crippen molar-refractivity contribution in [2.24, 2.45) is 0 Å². The van der Waals surface area contributed by atoms with Gasteiger partial charge in [-0.2, -0.15) is 16.8 Å². The zero-order valence-corrected chi connectivity index (χ0v) is 14.8. The second-order valence-corrected chi connectivity index (χ2v) is 8.12. The number of hydrogen-bond donors (Lipinski definition) is 2. The van der Waals surface area contributed by atoms with Crippen LogP contribution in [0.25, 0.3) is 10.8 Å². The van der Waals surface area contributed by atoms with Crippen LogP contribution < -0.4 is 0 Å². The summed E-state index contributed by atoms with van der Waals surface area (Å²) in [7, 11) is -8.11. The molecule has 0 spiro atoms. The summed E-state index contributed by atoms with van der Waals surface area (Å²) in [6, 6.07) is 17.8. The molecule has 3 aromatic rings. The number of rotatable bonds is 2. The van der Waals surface area contributed by atoms with Crippen LogP contribution in [0.3, 0.4) is 0 Å². The van der Waals surface area contributed by atoms with Crippen LogP contribution in [0.2, 0.25) is 0 Å². The van der Waals surface area contributed by atoms with Crippen molar-refractivity contribution in [1.29, 1.82) is 0 Å². The summed E-state index contributed by atoms with van der Waals surface area (Å²) < 4.78 is 60.0. The van der Waals surface area contributed by atoms with E-state index in [-0.39, 0.29) is 9.79 Å². The van der Waals surface area contributed by atoms with Gasteiger partial charge >= 0.3 is 0 Å². The Balaban J connectivity index is 0.000000186. The van der Waals surface area contributed by atoms with Crippen LogP contribution in [0.1, 0.15) is 5.56 Å².